The fourth-order valence-electron chi connectivity index (χ4n) is 5.21. The van der Waals surface area contributed by atoms with Crippen LogP contribution < -0.4 is 15.0 Å². The molecule has 9 nitrogen and oxygen atoms in total. The number of carbonyl (C=O) groups is 3. The van der Waals surface area contributed by atoms with E-state index in [1.807, 2.05) is 61.6 Å². The maximum atomic E-state index is 14.2. The van der Waals surface area contributed by atoms with Gasteiger partial charge in [-0.2, -0.15) is 0 Å². The number of benzene rings is 3. The van der Waals surface area contributed by atoms with Crippen molar-refractivity contribution >= 4 is 40.9 Å². The molecule has 1 heterocycles. The number of hydrogen-bond donors (Lipinski definition) is 1. The largest absolute Gasteiger partial charge is 0.496 e. The summed E-state index contributed by atoms with van der Waals surface area (Å²) in [6.45, 7) is 1.80. The third kappa shape index (κ3) is 7.60. The Bertz CT molecular complexity index is 1370. The van der Waals surface area contributed by atoms with Crippen molar-refractivity contribution in [3.05, 3.63) is 89.4 Å². The van der Waals surface area contributed by atoms with Crippen LogP contribution in [-0.2, 0) is 20.9 Å². The Morgan fingerprint density at radius 3 is 2.40 bits per heavy atom. The smallest absolute Gasteiger partial charge is 0.329 e. The third-order valence-electron chi connectivity index (χ3n) is 7.38. The Morgan fingerprint density at radius 2 is 1.69 bits per heavy atom. The van der Waals surface area contributed by atoms with Gasteiger partial charge in [-0.05, 0) is 56.3 Å². The minimum atomic E-state index is -0.861. The number of halogens is 1. The first-order chi connectivity index (χ1) is 20.3. The molecule has 42 heavy (non-hydrogen) atoms. The number of likely N-dealkylation sites (tertiary alicyclic amines) is 1. The molecule has 0 unspecified atom stereocenters. The highest BCUT2D eigenvalue weighted by Gasteiger charge is 2.41. The SMILES string of the molecule is COC(=O)[C@@H]1CCN(C(=O)N(c2ccccc2)c2cccc(Cl)c2)[C@@H](C(=O)NCCN(C)Cc2ccccc2OC)C1. The van der Waals surface area contributed by atoms with Gasteiger partial charge in [0.2, 0.25) is 5.91 Å². The van der Waals surface area contributed by atoms with E-state index in [1.165, 1.54) is 7.11 Å². The summed E-state index contributed by atoms with van der Waals surface area (Å²) >= 11 is 6.29. The van der Waals surface area contributed by atoms with E-state index in [1.54, 1.807) is 41.2 Å². The van der Waals surface area contributed by atoms with Gasteiger partial charge in [0, 0.05) is 36.8 Å². The second kappa shape index (κ2) is 14.7. The molecule has 1 aliphatic rings. The number of piperidine rings is 1. The minimum Gasteiger partial charge on any atom is -0.496 e. The van der Waals surface area contributed by atoms with Crippen molar-refractivity contribution in [2.75, 3.05) is 45.8 Å². The molecule has 1 aliphatic heterocycles. The van der Waals surface area contributed by atoms with Crippen LogP contribution in [0, 0.1) is 5.92 Å². The Kier molecular flexibility index (Phi) is 10.8. The first-order valence-electron chi connectivity index (χ1n) is 13.9. The van der Waals surface area contributed by atoms with E-state index in [9.17, 15) is 14.4 Å². The number of esters is 1. The number of rotatable bonds is 10. The zero-order chi connectivity index (χ0) is 30.1. The highest BCUT2D eigenvalue weighted by Crippen LogP contribution is 2.32. The van der Waals surface area contributed by atoms with Crippen molar-refractivity contribution in [3.63, 3.8) is 0 Å². The second-order valence-electron chi connectivity index (χ2n) is 10.2. The Hall–Kier alpha value is -4.08. The van der Waals surface area contributed by atoms with Gasteiger partial charge in [-0.1, -0.05) is 54.1 Å². The molecule has 222 valence electrons. The zero-order valence-corrected chi connectivity index (χ0v) is 24.9. The molecule has 3 aromatic rings. The number of amides is 3. The van der Waals surface area contributed by atoms with Gasteiger partial charge in [-0.25, -0.2) is 4.79 Å². The molecular weight excluding hydrogens is 556 g/mol. The first kappa shape index (κ1) is 30.9. The number of carbonyl (C=O) groups excluding carboxylic acids is 3. The highest BCUT2D eigenvalue weighted by atomic mass is 35.5. The van der Waals surface area contributed by atoms with Crippen LogP contribution in [0.2, 0.25) is 5.02 Å². The summed E-state index contributed by atoms with van der Waals surface area (Å²) in [6, 6.07) is 22.8. The number of urea groups is 1. The number of ether oxygens (including phenoxy) is 2. The average molecular weight is 593 g/mol. The van der Waals surface area contributed by atoms with E-state index in [2.05, 4.69) is 10.2 Å². The summed E-state index contributed by atoms with van der Waals surface area (Å²) < 4.78 is 10.4. The maximum absolute atomic E-state index is 14.2. The highest BCUT2D eigenvalue weighted by molar-refractivity contribution is 6.31. The van der Waals surface area contributed by atoms with Crippen molar-refractivity contribution in [2.45, 2.75) is 25.4 Å². The molecule has 2 atom stereocenters. The molecule has 3 amide bonds. The van der Waals surface area contributed by atoms with Gasteiger partial charge in [0.15, 0.2) is 0 Å². The lowest BCUT2D eigenvalue weighted by Crippen LogP contribution is -2.57. The molecule has 0 spiro atoms. The lowest BCUT2D eigenvalue weighted by atomic mass is 9.90. The molecule has 1 fully saturated rings. The molecule has 1 saturated heterocycles. The fourth-order valence-corrected chi connectivity index (χ4v) is 5.39. The maximum Gasteiger partial charge on any atom is 0.329 e. The van der Waals surface area contributed by atoms with E-state index in [0.717, 1.165) is 11.3 Å². The van der Waals surface area contributed by atoms with E-state index in [0.29, 0.717) is 42.5 Å². The predicted molar refractivity (Wildman–Crippen MR) is 163 cm³/mol. The van der Waals surface area contributed by atoms with Crippen molar-refractivity contribution in [3.8, 4) is 5.75 Å². The van der Waals surface area contributed by atoms with Crippen LogP contribution in [0.3, 0.4) is 0 Å². The number of nitrogens with zero attached hydrogens (tertiary/aromatic N) is 3. The third-order valence-corrected chi connectivity index (χ3v) is 7.62. The normalized spacial score (nSPS) is 16.5. The lowest BCUT2D eigenvalue weighted by Gasteiger charge is -2.40. The monoisotopic (exact) mass is 592 g/mol. The molecule has 0 bridgehead atoms. The van der Waals surface area contributed by atoms with Crippen LogP contribution in [0.1, 0.15) is 18.4 Å². The summed E-state index contributed by atoms with van der Waals surface area (Å²) in [7, 11) is 4.94. The number of likely N-dealkylation sites (N-methyl/N-ethyl adjacent to an activating group) is 1. The zero-order valence-electron chi connectivity index (χ0n) is 24.2. The van der Waals surface area contributed by atoms with Crippen LogP contribution in [0.15, 0.2) is 78.9 Å². The minimum absolute atomic E-state index is 0.166. The quantitative estimate of drug-likeness (QED) is 0.329. The number of nitrogens with one attached hydrogen (secondary N) is 1. The molecule has 0 saturated carbocycles. The summed E-state index contributed by atoms with van der Waals surface area (Å²) in [6.07, 6.45) is 0.557. The molecule has 0 aliphatic carbocycles. The number of hydrogen-bond acceptors (Lipinski definition) is 6. The van der Waals surface area contributed by atoms with Crippen molar-refractivity contribution in [2.24, 2.45) is 5.92 Å². The van der Waals surface area contributed by atoms with Crippen LogP contribution in [0.5, 0.6) is 5.75 Å². The predicted octanol–water partition coefficient (Wildman–Crippen LogP) is 5.11. The van der Waals surface area contributed by atoms with Crippen LogP contribution in [0.4, 0.5) is 16.2 Å². The Morgan fingerprint density at radius 1 is 0.976 bits per heavy atom. The first-order valence-corrected chi connectivity index (χ1v) is 14.3. The van der Waals surface area contributed by atoms with Gasteiger partial charge >= 0.3 is 12.0 Å². The van der Waals surface area contributed by atoms with Crippen molar-refractivity contribution < 1.29 is 23.9 Å². The Balaban J connectivity index is 1.51. The van der Waals surface area contributed by atoms with Gasteiger partial charge in [0.25, 0.3) is 0 Å². The standard InChI is InChI=1S/C32H37ClN4O5/c1-35(22-24-10-7-8-15-29(24)41-2)19-17-34-30(38)28-20-23(31(39)42-3)16-18-36(28)32(40)37(26-12-5-4-6-13-26)27-14-9-11-25(33)21-27/h4-15,21,23,28H,16-20,22H2,1-3H3,(H,34,38)/t23-,28-/m1/s1. The summed E-state index contributed by atoms with van der Waals surface area (Å²) in [5, 5.41) is 3.47. The summed E-state index contributed by atoms with van der Waals surface area (Å²) in [5.74, 6) is -0.381. The van der Waals surface area contributed by atoms with Gasteiger partial charge in [-0.15, -0.1) is 0 Å². The van der Waals surface area contributed by atoms with E-state index in [-0.39, 0.29) is 30.9 Å². The van der Waals surface area contributed by atoms with E-state index in [4.69, 9.17) is 21.1 Å². The van der Waals surface area contributed by atoms with Gasteiger partial charge in [0.05, 0.1) is 31.5 Å². The Labute approximate surface area is 251 Å². The second-order valence-corrected chi connectivity index (χ2v) is 10.7. The van der Waals surface area contributed by atoms with Crippen molar-refractivity contribution in [1.29, 1.82) is 0 Å². The molecule has 1 N–H and O–H groups in total. The fraction of sp³-hybridized carbons (Fsp3) is 0.344. The molecule has 0 aromatic heterocycles. The van der Waals surface area contributed by atoms with Gasteiger partial charge in [0.1, 0.15) is 11.8 Å². The van der Waals surface area contributed by atoms with Crippen molar-refractivity contribution in [1.82, 2.24) is 15.1 Å². The van der Waals surface area contributed by atoms with Gasteiger partial charge in [-0.3, -0.25) is 14.5 Å². The molecule has 4 rings (SSSR count). The molecule has 0 radical (unpaired) electrons. The summed E-state index contributed by atoms with van der Waals surface area (Å²) in [4.78, 5) is 45.5. The summed E-state index contributed by atoms with van der Waals surface area (Å²) in [5.41, 5.74) is 2.25. The molecule has 3 aromatic carbocycles. The van der Waals surface area contributed by atoms with Crippen LogP contribution >= 0.6 is 11.6 Å². The van der Waals surface area contributed by atoms with Crippen LogP contribution in [0.25, 0.3) is 0 Å². The van der Waals surface area contributed by atoms with E-state index < -0.39 is 12.0 Å². The molecular formula is C32H37ClN4O5. The topological polar surface area (TPSA) is 91.4 Å². The van der Waals surface area contributed by atoms with Gasteiger partial charge < -0.3 is 24.6 Å². The van der Waals surface area contributed by atoms with Crippen LogP contribution in [-0.4, -0.2) is 74.7 Å². The van der Waals surface area contributed by atoms with E-state index >= 15 is 0 Å². The average Bonchev–Trinajstić information content (AvgIpc) is 3.01. The number of anilines is 2. The number of para-hydroxylation sites is 2. The lowest BCUT2D eigenvalue weighted by molar-refractivity contribution is -0.148. The molecule has 10 heteroatoms. The number of methoxy groups -OCH3 is 2.